The molecule has 0 aromatic rings. The number of nitrogens with one attached hydrogen (secondary N) is 1. The summed E-state index contributed by atoms with van der Waals surface area (Å²) < 4.78 is 0. The highest BCUT2D eigenvalue weighted by molar-refractivity contribution is 5.83. The molecule has 17 heavy (non-hydrogen) atoms. The van der Waals surface area contributed by atoms with E-state index in [0.29, 0.717) is 0 Å². The molecule has 0 unspecified atom stereocenters. The predicted molar refractivity (Wildman–Crippen MR) is 62.4 cm³/mol. The minimum absolute atomic E-state index is 0.0389. The topological polar surface area (TPSA) is 72.9 Å². The molecule has 94 valence electrons. The monoisotopic (exact) mass is 239 g/mol. The normalized spacial score (nSPS) is 16.2. The summed E-state index contributed by atoms with van der Waals surface area (Å²) in [5.74, 6) is 1.03. The van der Waals surface area contributed by atoms with E-state index < -0.39 is 5.97 Å². The second kappa shape index (κ2) is 6.89. The Kier molecular flexibility index (Phi) is 5.46. The first kappa shape index (κ1) is 13.5. The van der Waals surface area contributed by atoms with Crippen LogP contribution in [0, 0.1) is 12.3 Å². The summed E-state index contributed by atoms with van der Waals surface area (Å²) in [5.41, 5.74) is 0. The zero-order chi connectivity index (χ0) is 12.7. The van der Waals surface area contributed by atoms with Gasteiger partial charge in [-0.05, 0) is 0 Å². The number of rotatable bonds is 5. The molecule has 0 radical (unpaired) electrons. The highest BCUT2D eigenvalue weighted by Crippen LogP contribution is 1.96. The van der Waals surface area contributed by atoms with Gasteiger partial charge in [0, 0.05) is 26.2 Å². The van der Waals surface area contributed by atoms with Crippen LogP contribution >= 0.6 is 0 Å². The first-order chi connectivity index (χ1) is 8.13. The molecule has 1 heterocycles. The Morgan fingerprint density at radius 3 is 2.59 bits per heavy atom. The Balaban J connectivity index is 2.46. The minimum atomic E-state index is -1.05. The summed E-state index contributed by atoms with van der Waals surface area (Å²) in [5, 5.41) is 11.9. The average molecular weight is 239 g/mol. The standard InChI is InChI=1S/C11H17N3O3/c1-2-5-14(9-11(16)17)10(15)8-13-6-3-12-4-7-13/h1,12H,3-9H2,(H,16,17). The van der Waals surface area contributed by atoms with Gasteiger partial charge in [-0.2, -0.15) is 0 Å². The third-order valence-electron chi connectivity index (χ3n) is 2.53. The number of amides is 1. The molecule has 0 bridgehead atoms. The van der Waals surface area contributed by atoms with E-state index in [4.69, 9.17) is 11.5 Å². The summed E-state index contributed by atoms with van der Waals surface area (Å²) in [6.07, 6.45) is 5.12. The van der Waals surface area contributed by atoms with E-state index in [1.54, 1.807) is 0 Å². The van der Waals surface area contributed by atoms with Gasteiger partial charge >= 0.3 is 5.97 Å². The number of hydrogen-bond acceptors (Lipinski definition) is 4. The molecule has 0 aromatic heterocycles. The molecule has 0 atom stereocenters. The fourth-order valence-electron chi connectivity index (χ4n) is 1.67. The second-order valence-electron chi connectivity index (χ2n) is 3.87. The highest BCUT2D eigenvalue weighted by Gasteiger charge is 2.19. The van der Waals surface area contributed by atoms with E-state index >= 15 is 0 Å². The van der Waals surface area contributed by atoms with Gasteiger partial charge in [0.15, 0.2) is 0 Å². The predicted octanol–water partition coefficient (Wildman–Crippen LogP) is -1.56. The van der Waals surface area contributed by atoms with Crippen LogP contribution in [0.25, 0.3) is 0 Å². The van der Waals surface area contributed by atoms with Crippen molar-refractivity contribution in [2.24, 2.45) is 0 Å². The van der Waals surface area contributed by atoms with E-state index in [2.05, 4.69) is 11.2 Å². The lowest BCUT2D eigenvalue weighted by atomic mass is 10.3. The zero-order valence-electron chi connectivity index (χ0n) is 9.69. The molecule has 6 heteroatoms. The van der Waals surface area contributed by atoms with Crippen molar-refractivity contribution in [1.82, 2.24) is 15.1 Å². The van der Waals surface area contributed by atoms with Crippen molar-refractivity contribution in [2.75, 3.05) is 45.8 Å². The van der Waals surface area contributed by atoms with Gasteiger partial charge in [-0.3, -0.25) is 14.5 Å². The van der Waals surface area contributed by atoms with Gasteiger partial charge in [-0.1, -0.05) is 5.92 Å². The Labute approximate surface area is 101 Å². The van der Waals surface area contributed by atoms with Gasteiger partial charge in [0.25, 0.3) is 0 Å². The largest absolute Gasteiger partial charge is 0.480 e. The van der Waals surface area contributed by atoms with E-state index in [1.807, 2.05) is 4.90 Å². The number of nitrogens with zero attached hydrogens (tertiary/aromatic N) is 2. The summed E-state index contributed by atoms with van der Waals surface area (Å²) in [6.45, 7) is 3.22. The summed E-state index contributed by atoms with van der Waals surface area (Å²) in [4.78, 5) is 25.6. The summed E-state index contributed by atoms with van der Waals surface area (Å²) in [7, 11) is 0. The van der Waals surface area contributed by atoms with Gasteiger partial charge < -0.3 is 15.3 Å². The number of terminal acetylenes is 1. The van der Waals surface area contributed by atoms with Crippen LogP contribution in [-0.4, -0.2) is 72.6 Å². The van der Waals surface area contributed by atoms with Crippen molar-refractivity contribution in [3.05, 3.63) is 0 Å². The van der Waals surface area contributed by atoms with Crippen molar-refractivity contribution in [1.29, 1.82) is 0 Å². The van der Waals surface area contributed by atoms with Crippen molar-refractivity contribution in [3.63, 3.8) is 0 Å². The molecule has 1 aliphatic rings. The number of carboxylic acid groups (broad SMARTS) is 1. The maximum absolute atomic E-state index is 11.8. The van der Waals surface area contributed by atoms with Crippen LogP contribution in [0.4, 0.5) is 0 Å². The van der Waals surface area contributed by atoms with Crippen LogP contribution in [-0.2, 0) is 9.59 Å². The van der Waals surface area contributed by atoms with E-state index in [0.717, 1.165) is 26.2 Å². The lowest BCUT2D eigenvalue weighted by Gasteiger charge is -2.28. The van der Waals surface area contributed by atoms with E-state index in [9.17, 15) is 9.59 Å². The third-order valence-corrected chi connectivity index (χ3v) is 2.53. The Morgan fingerprint density at radius 2 is 2.06 bits per heavy atom. The molecule has 1 saturated heterocycles. The number of hydrogen-bond donors (Lipinski definition) is 2. The van der Waals surface area contributed by atoms with Crippen LogP contribution < -0.4 is 5.32 Å². The Morgan fingerprint density at radius 1 is 1.41 bits per heavy atom. The van der Waals surface area contributed by atoms with Crippen molar-refractivity contribution in [2.45, 2.75) is 0 Å². The number of aliphatic carboxylic acids is 1. The van der Waals surface area contributed by atoms with Crippen molar-refractivity contribution >= 4 is 11.9 Å². The molecule has 0 aliphatic carbocycles. The van der Waals surface area contributed by atoms with Gasteiger partial charge in [-0.25, -0.2) is 0 Å². The first-order valence-electron chi connectivity index (χ1n) is 5.49. The molecule has 2 N–H and O–H groups in total. The van der Waals surface area contributed by atoms with Gasteiger partial charge in [-0.15, -0.1) is 6.42 Å². The molecule has 0 spiro atoms. The molecule has 0 aromatic carbocycles. The number of carbonyl (C=O) groups excluding carboxylic acids is 1. The van der Waals surface area contributed by atoms with E-state index in [-0.39, 0.29) is 25.5 Å². The van der Waals surface area contributed by atoms with Gasteiger partial charge in [0.05, 0.1) is 13.1 Å². The maximum atomic E-state index is 11.8. The molecular weight excluding hydrogens is 222 g/mol. The van der Waals surface area contributed by atoms with Crippen LogP contribution in [0.5, 0.6) is 0 Å². The van der Waals surface area contributed by atoms with Gasteiger partial charge in [0.1, 0.15) is 6.54 Å². The maximum Gasteiger partial charge on any atom is 0.323 e. The quantitative estimate of drug-likeness (QED) is 0.568. The molecule has 0 saturated carbocycles. The zero-order valence-corrected chi connectivity index (χ0v) is 9.69. The molecule has 1 aliphatic heterocycles. The SMILES string of the molecule is C#CCN(CC(=O)O)C(=O)CN1CCNCC1. The summed E-state index contributed by atoms with van der Waals surface area (Å²) in [6, 6.07) is 0. The molecule has 1 fully saturated rings. The lowest BCUT2D eigenvalue weighted by molar-refractivity contribution is -0.144. The summed E-state index contributed by atoms with van der Waals surface area (Å²) >= 11 is 0. The molecular formula is C11H17N3O3. The highest BCUT2D eigenvalue weighted by atomic mass is 16.4. The molecule has 1 rings (SSSR count). The van der Waals surface area contributed by atoms with Crippen LogP contribution in [0.3, 0.4) is 0 Å². The van der Waals surface area contributed by atoms with Crippen LogP contribution in [0.2, 0.25) is 0 Å². The van der Waals surface area contributed by atoms with Crippen LogP contribution in [0.1, 0.15) is 0 Å². The number of carboxylic acids is 1. The fourth-order valence-corrected chi connectivity index (χ4v) is 1.67. The first-order valence-corrected chi connectivity index (χ1v) is 5.49. The lowest BCUT2D eigenvalue weighted by Crippen LogP contribution is -2.49. The Hall–Kier alpha value is -1.58. The third kappa shape index (κ3) is 4.85. The van der Waals surface area contributed by atoms with E-state index in [1.165, 1.54) is 4.90 Å². The van der Waals surface area contributed by atoms with Gasteiger partial charge in [0.2, 0.25) is 5.91 Å². The number of piperazine rings is 1. The molecule has 6 nitrogen and oxygen atoms in total. The fraction of sp³-hybridized carbons (Fsp3) is 0.636. The minimum Gasteiger partial charge on any atom is -0.480 e. The number of carbonyl (C=O) groups is 2. The molecule has 1 amide bonds. The average Bonchev–Trinajstić information content (AvgIpc) is 2.29. The van der Waals surface area contributed by atoms with Crippen molar-refractivity contribution in [3.8, 4) is 12.3 Å². The second-order valence-corrected chi connectivity index (χ2v) is 3.87. The van der Waals surface area contributed by atoms with Crippen LogP contribution in [0.15, 0.2) is 0 Å². The Bertz CT molecular complexity index is 318. The van der Waals surface area contributed by atoms with Crippen molar-refractivity contribution < 1.29 is 14.7 Å². The smallest absolute Gasteiger partial charge is 0.323 e.